The molecule has 2 amide bonds. The molecule has 23 heavy (non-hydrogen) atoms. The fourth-order valence-corrected chi connectivity index (χ4v) is 1.90. The summed E-state index contributed by atoms with van der Waals surface area (Å²) in [6, 6.07) is 12.8. The maximum atomic E-state index is 12.8. The zero-order chi connectivity index (χ0) is 16.8. The topological polar surface area (TPSA) is 61.4 Å². The van der Waals surface area contributed by atoms with Crippen LogP contribution in [0.1, 0.15) is 5.56 Å². The van der Waals surface area contributed by atoms with Gasteiger partial charge in [0.15, 0.2) is 0 Å². The molecule has 0 heterocycles. The van der Waals surface area contributed by atoms with Gasteiger partial charge in [0.05, 0.1) is 0 Å². The first-order valence-electron chi connectivity index (χ1n) is 7.07. The average molecular weight is 315 g/mol. The molecule has 0 aromatic heterocycles. The highest BCUT2D eigenvalue weighted by atomic mass is 19.1. The van der Waals surface area contributed by atoms with E-state index in [1.807, 2.05) is 31.1 Å². The number of halogens is 1. The summed E-state index contributed by atoms with van der Waals surface area (Å²) in [5, 5.41) is 5.01. The van der Waals surface area contributed by atoms with Gasteiger partial charge >= 0.3 is 11.8 Å². The molecule has 0 unspecified atom stereocenters. The van der Waals surface area contributed by atoms with Crippen LogP contribution in [0.25, 0.3) is 0 Å². The third-order valence-electron chi connectivity index (χ3n) is 3.21. The number of hydrogen-bond acceptors (Lipinski definition) is 3. The van der Waals surface area contributed by atoms with Gasteiger partial charge in [0.1, 0.15) is 5.82 Å². The van der Waals surface area contributed by atoms with E-state index < -0.39 is 11.8 Å². The van der Waals surface area contributed by atoms with Gasteiger partial charge in [-0.1, -0.05) is 12.1 Å². The molecule has 2 aromatic carbocycles. The number of hydrogen-bond donors (Lipinski definition) is 2. The van der Waals surface area contributed by atoms with Crippen molar-refractivity contribution in [2.45, 2.75) is 6.54 Å². The van der Waals surface area contributed by atoms with Crippen LogP contribution < -0.4 is 15.5 Å². The summed E-state index contributed by atoms with van der Waals surface area (Å²) in [5.74, 6) is -1.84. The Bertz CT molecular complexity index is 682. The summed E-state index contributed by atoms with van der Waals surface area (Å²) in [5.41, 5.74) is 2.24. The summed E-state index contributed by atoms with van der Waals surface area (Å²) in [6.07, 6.45) is 0. The number of nitrogens with zero attached hydrogens (tertiary/aromatic N) is 1. The number of anilines is 2. The summed E-state index contributed by atoms with van der Waals surface area (Å²) >= 11 is 0. The molecule has 0 saturated carbocycles. The lowest BCUT2D eigenvalue weighted by Gasteiger charge is -2.13. The molecule has 0 saturated heterocycles. The van der Waals surface area contributed by atoms with E-state index in [9.17, 15) is 14.0 Å². The first-order valence-corrected chi connectivity index (χ1v) is 7.07. The van der Waals surface area contributed by atoms with Gasteiger partial charge in [-0.25, -0.2) is 4.39 Å². The second-order valence-electron chi connectivity index (χ2n) is 5.20. The maximum absolute atomic E-state index is 12.8. The van der Waals surface area contributed by atoms with E-state index in [0.717, 1.165) is 5.69 Å². The Labute approximate surface area is 134 Å². The van der Waals surface area contributed by atoms with E-state index in [1.165, 1.54) is 12.1 Å². The summed E-state index contributed by atoms with van der Waals surface area (Å²) < 4.78 is 12.8. The number of nitrogens with one attached hydrogen (secondary N) is 2. The van der Waals surface area contributed by atoms with Crippen molar-refractivity contribution in [1.82, 2.24) is 5.32 Å². The molecule has 0 radical (unpaired) electrons. The van der Waals surface area contributed by atoms with Gasteiger partial charge in [-0.15, -0.1) is 0 Å². The van der Waals surface area contributed by atoms with Crippen molar-refractivity contribution in [2.75, 3.05) is 24.3 Å². The Morgan fingerprint density at radius 3 is 2.13 bits per heavy atom. The molecule has 0 aliphatic carbocycles. The molecule has 5 nitrogen and oxygen atoms in total. The number of carbonyl (C=O) groups is 2. The maximum Gasteiger partial charge on any atom is 0.313 e. The van der Waals surface area contributed by atoms with Crippen LogP contribution in [0.4, 0.5) is 15.8 Å². The van der Waals surface area contributed by atoms with Crippen molar-refractivity contribution in [3.05, 3.63) is 59.9 Å². The van der Waals surface area contributed by atoms with Crippen molar-refractivity contribution in [2.24, 2.45) is 0 Å². The normalized spacial score (nSPS) is 10.0. The van der Waals surface area contributed by atoms with Crippen molar-refractivity contribution in [1.29, 1.82) is 0 Å². The molecule has 2 N–H and O–H groups in total. The van der Waals surface area contributed by atoms with E-state index in [-0.39, 0.29) is 12.4 Å². The Balaban J connectivity index is 1.87. The first-order chi connectivity index (χ1) is 11.0. The Kier molecular flexibility index (Phi) is 5.30. The van der Waals surface area contributed by atoms with Crippen LogP contribution in [0, 0.1) is 5.82 Å². The summed E-state index contributed by atoms with van der Waals surface area (Å²) in [6.45, 7) is 0.159. The van der Waals surface area contributed by atoms with Gasteiger partial charge in [0, 0.05) is 32.0 Å². The number of rotatable bonds is 4. The van der Waals surface area contributed by atoms with E-state index in [0.29, 0.717) is 11.3 Å². The molecule has 2 rings (SSSR count). The molecular weight excluding hydrogens is 297 g/mol. The Morgan fingerprint density at radius 1 is 0.957 bits per heavy atom. The number of amides is 2. The lowest BCUT2D eigenvalue weighted by atomic mass is 10.2. The second-order valence-corrected chi connectivity index (χ2v) is 5.20. The van der Waals surface area contributed by atoms with E-state index >= 15 is 0 Å². The van der Waals surface area contributed by atoms with Gasteiger partial charge in [0.2, 0.25) is 0 Å². The fourth-order valence-electron chi connectivity index (χ4n) is 1.90. The average Bonchev–Trinajstić information content (AvgIpc) is 2.54. The third-order valence-corrected chi connectivity index (χ3v) is 3.21. The minimum atomic E-state index is -0.746. The van der Waals surface area contributed by atoms with Crippen LogP contribution in [-0.2, 0) is 16.1 Å². The van der Waals surface area contributed by atoms with Crippen molar-refractivity contribution >= 4 is 23.2 Å². The third kappa shape index (κ3) is 4.81. The lowest BCUT2D eigenvalue weighted by Crippen LogP contribution is -2.34. The molecule has 6 heteroatoms. The lowest BCUT2D eigenvalue weighted by molar-refractivity contribution is -0.136. The molecular formula is C17H18FN3O2. The van der Waals surface area contributed by atoms with E-state index in [1.54, 1.807) is 24.3 Å². The molecule has 0 aliphatic rings. The van der Waals surface area contributed by atoms with Gasteiger partial charge in [-0.3, -0.25) is 9.59 Å². The Morgan fingerprint density at radius 2 is 1.57 bits per heavy atom. The molecule has 0 aliphatic heterocycles. The zero-order valence-electron chi connectivity index (χ0n) is 13.0. The van der Waals surface area contributed by atoms with Crippen LogP contribution >= 0.6 is 0 Å². The van der Waals surface area contributed by atoms with Crippen LogP contribution in [-0.4, -0.2) is 25.9 Å². The minimum Gasteiger partial charge on any atom is -0.378 e. The van der Waals surface area contributed by atoms with Gasteiger partial charge in [-0.05, 0) is 42.0 Å². The van der Waals surface area contributed by atoms with Crippen LogP contribution in [0.2, 0.25) is 0 Å². The van der Waals surface area contributed by atoms with E-state index in [2.05, 4.69) is 10.6 Å². The van der Waals surface area contributed by atoms with E-state index in [4.69, 9.17) is 0 Å². The number of carbonyl (C=O) groups excluding carboxylic acids is 2. The monoisotopic (exact) mass is 315 g/mol. The summed E-state index contributed by atoms with van der Waals surface area (Å²) in [4.78, 5) is 25.5. The second kappa shape index (κ2) is 7.40. The highest BCUT2D eigenvalue weighted by Crippen LogP contribution is 2.15. The van der Waals surface area contributed by atoms with Crippen molar-refractivity contribution in [3.63, 3.8) is 0 Å². The van der Waals surface area contributed by atoms with Gasteiger partial charge in [-0.2, -0.15) is 0 Å². The fraction of sp³-hybridized carbons (Fsp3) is 0.176. The minimum absolute atomic E-state index is 0.159. The van der Waals surface area contributed by atoms with Gasteiger partial charge in [0.25, 0.3) is 0 Å². The number of benzene rings is 2. The first kappa shape index (κ1) is 16.5. The zero-order valence-corrected chi connectivity index (χ0v) is 13.0. The standard InChI is InChI=1S/C17H18FN3O2/c1-21(2)15-9-7-14(8-10-15)20-17(23)16(22)19-11-12-3-5-13(18)6-4-12/h3-10H,11H2,1-2H3,(H,19,22)(H,20,23). The molecule has 0 fully saturated rings. The predicted molar refractivity (Wildman–Crippen MR) is 87.6 cm³/mol. The largest absolute Gasteiger partial charge is 0.378 e. The molecule has 0 spiro atoms. The predicted octanol–water partition coefficient (Wildman–Crippen LogP) is 2.15. The molecule has 0 atom stereocenters. The SMILES string of the molecule is CN(C)c1ccc(NC(=O)C(=O)NCc2ccc(F)cc2)cc1. The quantitative estimate of drug-likeness (QED) is 0.850. The summed E-state index contributed by atoms with van der Waals surface area (Å²) in [7, 11) is 3.83. The van der Waals surface area contributed by atoms with Gasteiger partial charge < -0.3 is 15.5 Å². The highest BCUT2D eigenvalue weighted by Gasteiger charge is 2.13. The highest BCUT2D eigenvalue weighted by molar-refractivity contribution is 6.39. The molecule has 0 bridgehead atoms. The van der Waals surface area contributed by atoms with Crippen molar-refractivity contribution in [3.8, 4) is 0 Å². The van der Waals surface area contributed by atoms with Crippen LogP contribution in [0.3, 0.4) is 0 Å². The van der Waals surface area contributed by atoms with Crippen molar-refractivity contribution < 1.29 is 14.0 Å². The molecule has 2 aromatic rings. The van der Waals surface area contributed by atoms with Crippen LogP contribution in [0.15, 0.2) is 48.5 Å². The smallest absolute Gasteiger partial charge is 0.313 e. The molecule has 120 valence electrons. The Hall–Kier alpha value is -2.89. The van der Waals surface area contributed by atoms with Crippen LogP contribution in [0.5, 0.6) is 0 Å².